The Morgan fingerprint density at radius 2 is 1.86 bits per heavy atom. The number of carbonyl (C=O) groups excluding carboxylic acids is 2. The fourth-order valence-corrected chi connectivity index (χ4v) is 4.54. The van der Waals surface area contributed by atoms with E-state index in [1.165, 1.54) is 6.07 Å². The normalized spacial score (nSPS) is 14.2. The number of H-pyrrole nitrogens is 1. The van der Waals surface area contributed by atoms with Gasteiger partial charge in [0.2, 0.25) is 0 Å². The summed E-state index contributed by atoms with van der Waals surface area (Å²) in [5.41, 5.74) is 8.35. The third-order valence-corrected chi connectivity index (χ3v) is 6.01. The van der Waals surface area contributed by atoms with Crippen LogP contribution in [0.15, 0.2) is 60.0 Å². The predicted molar refractivity (Wildman–Crippen MR) is 133 cm³/mol. The van der Waals surface area contributed by atoms with E-state index in [1.54, 1.807) is 24.5 Å². The number of aryl methyl sites for hydroxylation is 1. The molecule has 6 N–H and O–H groups in total. The molecule has 12 nitrogen and oxygen atoms in total. The smallest absolute Gasteiger partial charge is 0.266 e. The van der Waals surface area contributed by atoms with Crippen LogP contribution in [0, 0.1) is 10.1 Å². The van der Waals surface area contributed by atoms with Crippen molar-refractivity contribution in [1.82, 2.24) is 20.2 Å². The molecule has 2 aromatic carbocycles. The molecule has 0 saturated carbocycles. The van der Waals surface area contributed by atoms with Gasteiger partial charge in [0, 0.05) is 52.9 Å². The Morgan fingerprint density at radius 3 is 2.64 bits per heavy atom. The van der Waals surface area contributed by atoms with Crippen molar-refractivity contribution in [3.8, 4) is 5.75 Å². The number of benzene rings is 2. The number of aromatic hydroxyl groups is 1. The molecule has 3 heterocycles. The van der Waals surface area contributed by atoms with Gasteiger partial charge in [-0.05, 0) is 24.6 Å². The first-order valence-electron chi connectivity index (χ1n) is 11.0. The number of hydrogen-bond acceptors (Lipinski definition) is 5. The number of carbonyl (C=O) groups is 2. The van der Waals surface area contributed by atoms with Crippen molar-refractivity contribution in [2.24, 2.45) is 10.8 Å². The van der Waals surface area contributed by atoms with E-state index in [9.17, 15) is 24.8 Å². The van der Waals surface area contributed by atoms with Crippen LogP contribution < -0.4 is 16.4 Å². The summed E-state index contributed by atoms with van der Waals surface area (Å²) in [4.78, 5) is 39.5. The van der Waals surface area contributed by atoms with E-state index in [2.05, 4.69) is 20.7 Å². The molecule has 4 aromatic rings. The predicted octanol–water partition coefficient (Wildman–Crippen LogP) is 1.88. The van der Waals surface area contributed by atoms with Crippen molar-refractivity contribution < 1.29 is 19.7 Å². The second-order valence-corrected chi connectivity index (χ2v) is 8.19. The Hall–Kier alpha value is -5.13. The molecule has 2 amide bonds. The summed E-state index contributed by atoms with van der Waals surface area (Å²) < 4.78 is 1.85. The molecule has 0 unspecified atom stereocenters. The lowest BCUT2D eigenvalue weighted by Crippen LogP contribution is -2.33. The van der Waals surface area contributed by atoms with Gasteiger partial charge < -0.3 is 25.7 Å². The minimum absolute atomic E-state index is 0.0281. The maximum atomic E-state index is 13.0. The van der Waals surface area contributed by atoms with Crippen LogP contribution in [-0.4, -0.2) is 44.0 Å². The van der Waals surface area contributed by atoms with Crippen LogP contribution in [0.2, 0.25) is 0 Å². The average Bonchev–Trinajstić information content (AvgIpc) is 3.49. The van der Waals surface area contributed by atoms with Crippen LogP contribution in [-0.2, 0) is 16.1 Å². The fraction of sp³-hybridized carbons (Fsp3) is 0.125. The zero-order valence-corrected chi connectivity index (χ0v) is 18.8. The molecular weight excluding hydrogens is 466 g/mol. The zero-order valence-electron chi connectivity index (χ0n) is 18.8. The van der Waals surface area contributed by atoms with Crippen molar-refractivity contribution in [1.29, 1.82) is 0 Å². The van der Waals surface area contributed by atoms with Gasteiger partial charge in [-0.25, -0.2) is 10.1 Å². The maximum absolute atomic E-state index is 13.0. The number of aromatic nitrogens is 2. The molecule has 0 atom stereocenters. The summed E-state index contributed by atoms with van der Waals surface area (Å²) in [6.07, 6.45) is 3.92. The Balaban J connectivity index is 1.58. The van der Waals surface area contributed by atoms with Crippen LogP contribution in [0.1, 0.15) is 17.5 Å². The Labute approximate surface area is 203 Å². The van der Waals surface area contributed by atoms with Gasteiger partial charge in [0.15, 0.2) is 5.03 Å². The molecule has 12 heteroatoms. The number of nitro groups is 1. The molecule has 0 fully saturated rings. The van der Waals surface area contributed by atoms with Crippen molar-refractivity contribution in [2.75, 3.05) is 6.54 Å². The Kier molecular flexibility index (Phi) is 5.60. The summed E-state index contributed by atoms with van der Waals surface area (Å²) in [7, 11) is 0. The average molecular weight is 487 g/mol. The van der Waals surface area contributed by atoms with E-state index >= 15 is 0 Å². The van der Waals surface area contributed by atoms with E-state index in [0.29, 0.717) is 41.5 Å². The van der Waals surface area contributed by atoms with Gasteiger partial charge in [-0.2, -0.15) is 0 Å². The number of phenolic OH excluding ortho intramolecular Hbond substituents is 1. The summed E-state index contributed by atoms with van der Waals surface area (Å²) in [5.74, 6) is -1.39. The number of nitrogens with one attached hydrogen (secondary N) is 3. The summed E-state index contributed by atoms with van der Waals surface area (Å²) in [6, 6.07) is 12.5. The Morgan fingerprint density at radius 1 is 1.11 bits per heavy atom. The summed E-state index contributed by atoms with van der Waals surface area (Å²) in [5, 5.41) is 29.5. The number of hydrogen-bond donors (Lipinski definition) is 5. The lowest BCUT2D eigenvalue weighted by Gasteiger charge is -2.06. The number of fused-ring (bicyclic) bond motifs is 2. The number of rotatable bonds is 7. The van der Waals surface area contributed by atoms with Crippen molar-refractivity contribution in [3.63, 3.8) is 0 Å². The van der Waals surface area contributed by atoms with Gasteiger partial charge in [0.05, 0.1) is 16.7 Å². The first-order chi connectivity index (χ1) is 17.3. The fourth-order valence-electron chi connectivity index (χ4n) is 4.54. The van der Waals surface area contributed by atoms with Crippen LogP contribution in [0.4, 0.5) is 0 Å². The highest BCUT2D eigenvalue weighted by Crippen LogP contribution is 2.40. The monoisotopic (exact) mass is 487 g/mol. The van der Waals surface area contributed by atoms with E-state index in [1.807, 2.05) is 28.8 Å². The van der Waals surface area contributed by atoms with Crippen molar-refractivity contribution >= 4 is 50.7 Å². The second kappa shape index (κ2) is 8.91. The first kappa shape index (κ1) is 22.7. The highest BCUT2D eigenvalue weighted by atomic mass is 16.7. The van der Waals surface area contributed by atoms with Crippen LogP contribution in [0.25, 0.3) is 33.0 Å². The third-order valence-electron chi connectivity index (χ3n) is 6.01. The quantitative estimate of drug-likeness (QED) is 0.0659. The number of phenols is 1. The van der Waals surface area contributed by atoms with E-state index in [4.69, 9.17) is 5.73 Å². The van der Waals surface area contributed by atoms with E-state index in [-0.39, 0.29) is 22.9 Å². The molecule has 1 aliphatic rings. The lowest BCUT2D eigenvalue weighted by molar-refractivity contribution is -0.485. The second-order valence-electron chi connectivity index (χ2n) is 8.19. The highest BCUT2D eigenvalue weighted by Gasteiger charge is 2.35. The molecule has 182 valence electrons. The molecule has 0 spiro atoms. The van der Waals surface area contributed by atoms with Gasteiger partial charge in [-0.3, -0.25) is 14.9 Å². The first-order valence-corrected chi connectivity index (χ1v) is 11.0. The number of para-hydroxylation sites is 1. The Bertz CT molecular complexity index is 1610. The zero-order chi connectivity index (χ0) is 25.4. The summed E-state index contributed by atoms with van der Waals surface area (Å²) >= 11 is 0. The maximum Gasteiger partial charge on any atom is 0.266 e. The number of nitrogens with two attached hydrogens (primary N) is 1. The van der Waals surface area contributed by atoms with Gasteiger partial charge in [-0.1, -0.05) is 24.3 Å². The van der Waals surface area contributed by atoms with Gasteiger partial charge in [0.1, 0.15) is 10.9 Å². The van der Waals surface area contributed by atoms with Gasteiger partial charge >= 0.3 is 0 Å². The van der Waals surface area contributed by atoms with Crippen molar-refractivity contribution in [2.45, 2.75) is 13.0 Å². The van der Waals surface area contributed by atoms with Gasteiger partial charge in [-0.15, -0.1) is 0 Å². The van der Waals surface area contributed by atoms with Crippen LogP contribution >= 0.6 is 0 Å². The van der Waals surface area contributed by atoms with E-state index in [0.717, 1.165) is 10.9 Å². The van der Waals surface area contributed by atoms with Crippen LogP contribution in [0.5, 0.6) is 5.75 Å². The third kappa shape index (κ3) is 3.90. The molecule has 0 saturated heterocycles. The molecular formula is C24H21N7O5. The van der Waals surface area contributed by atoms with Gasteiger partial charge in [0.25, 0.3) is 17.8 Å². The largest absolute Gasteiger partial charge is 0.507 e. The molecule has 0 bridgehead atoms. The van der Waals surface area contributed by atoms with E-state index < -0.39 is 16.8 Å². The standard InChI is InChI=1S/C24H21N7O5/c25-24(29-31(35)36)26-9-4-10-30-12-15(19-17(30)7-3-8-18(19)32)21-20(22(33)28-23(21)34)14-11-27-16-6-2-1-5-13(14)16/h1-3,5-8,11-12,27,32H,4,9-10H2,(H3,25,26,29)(H,28,33,34). The summed E-state index contributed by atoms with van der Waals surface area (Å²) in [6.45, 7) is 0.739. The molecule has 0 aliphatic carbocycles. The highest BCUT2D eigenvalue weighted by molar-refractivity contribution is 6.50. The number of aromatic amines is 1. The molecule has 5 rings (SSSR count). The minimum atomic E-state index is -0.885. The number of imide groups is 1. The lowest BCUT2D eigenvalue weighted by atomic mass is 9.95. The molecule has 0 radical (unpaired) electrons. The van der Waals surface area contributed by atoms with Crippen LogP contribution in [0.3, 0.4) is 0 Å². The number of hydrazone groups is 1. The molecule has 1 aliphatic heterocycles. The number of nitrogens with zero attached hydrogens (tertiary/aromatic N) is 3. The van der Waals surface area contributed by atoms with Crippen molar-refractivity contribution in [3.05, 3.63) is 76.1 Å². The topological polar surface area (TPSA) is 181 Å². The SMILES string of the molecule is NC(=N[N+](=O)[O-])NCCCn1cc(C2=C(c3c[nH]c4ccccc34)C(=O)NC2=O)c2c(O)cccc21. The number of amides is 2. The molecule has 2 aromatic heterocycles. The minimum Gasteiger partial charge on any atom is -0.507 e. The molecule has 36 heavy (non-hydrogen) atoms. The number of guanidine groups is 1.